The summed E-state index contributed by atoms with van der Waals surface area (Å²) in [5, 5.41) is 0. The van der Waals surface area contributed by atoms with Crippen LogP contribution in [0.5, 0.6) is 0 Å². The smallest absolute Gasteiger partial charge is 0.250 e. The second kappa shape index (κ2) is 6.27. The van der Waals surface area contributed by atoms with Gasteiger partial charge in [-0.25, -0.2) is 0 Å². The molecule has 0 unspecified atom stereocenters. The number of methoxy groups -OCH3 is 1. The highest BCUT2D eigenvalue weighted by molar-refractivity contribution is 14.1. The Morgan fingerprint density at radius 1 is 1.47 bits per heavy atom. The molecule has 3 nitrogen and oxygen atoms in total. The summed E-state index contributed by atoms with van der Waals surface area (Å²) in [6, 6.07) is 1.69. The topological polar surface area (TPSA) is 31.2 Å². The molecular weight excluding hydrogens is 305 g/mol. The molecule has 0 aliphatic rings. The predicted octanol–water partition coefficient (Wildman–Crippen LogP) is 2.19. The van der Waals surface area contributed by atoms with E-state index in [2.05, 4.69) is 22.6 Å². The number of halogens is 1. The van der Waals surface area contributed by atoms with Crippen molar-refractivity contribution in [3.8, 4) is 0 Å². The lowest BCUT2D eigenvalue weighted by molar-refractivity contribution is 0.191. The third-order valence-electron chi connectivity index (χ3n) is 2.27. The van der Waals surface area contributed by atoms with Gasteiger partial charge in [0.2, 0.25) is 0 Å². The molecule has 0 aliphatic carbocycles. The zero-order chi connectivity index (χ0) is 11.3. The Kier molecular flexibility index (Phi) is 5.31. The Balaban J connectivity index is 2.61. The maximum absolute atomic E-state index is 11.6. The van der Waals surface area contributed by atoms with Crippen LogP contribution < -0.4 is 5.56 Å². The van der Waals surface area contributed by atoms with Crippen LogP contribution in [0.1, 0.15) is 18.4 Å². The lowest BCUT2D eigenvalue weighted by atomic mass is 10.3. The van der Waals surface area contributed by atoms with Crippen molar-refractivity contribution in [3.05, 3.63) is 31.8 Å². The fraction of sp³-hybridized carbons (Fsp3) is 0.545. The molecule has 84 valence electrons. The first-order valence-electron chi connectivity index (χ1n) is 5.00. The van der Waals surface area contributed by atoms with Crippen LogP contribution in [0.2, 0.25) is 0 Å². The quantitative estimate of drug-likeness (QED) is 0.615. The molecule has 0 saturated heterocycles. The van der Waals surface area contributed by atoms with Crippen LogP contribution in [0.25, 0.3) is 0 Å². The molecule has 0 aliphatic heterocycles. The minimum atomic E-state index is 0.0883. The molecule has 0 spiro atoms. The van der Waals surface area contributed by atoms with Gasteiger partial charge < -0.3 is 9.30 Å². The van der Waals surface area contributed by atoms with Crippen LogP contribution in [-0.2, 0) is 11.3 Å². The second-order valence-corrected chi connectivity index (χ2v) is 4.70. The summed E-state index contributed by atoms with van der Waals surface area (Å²) in [6.45, 7) is 3.49. The van der Waals surface area contributed by atoms with Crippen molar-refractivity contribution < 1.29 is 4.74 Å². The number of ether oxygens (including phenoxy) is 1. The average Bonchev–Trinajstić information content (AvgIpc) is 2.20. The molecule has 0 amide bonds. The van der Waals surface area contributed by atoms with Gasteiger partial charge in [0.1, 0.15) is 0 Å². The Labute approximate surface area is 104 Å². The molecule has 1 rings (SSSR count). The van der Waals surface area contributed by atoms with Crippen LogP contribution in [0.3, 0.4) is 0 Å². The maximum Gasteiger partial charge on any atom is 0.250 e. The largest absolute Gasteiger partial charge is 0.385 e. The predicted molar refractivity (Wildman–Crippen MR) is 69.3 cm³/mol. The minimum Gasteiger partial charge on any atom is -0.385 e. The van der Waals surface area contributed by atoms with Crippen LogP contribution in [-0.4, -0.2) is 18.3 Å². The Bertz CT molecular complexity index is 373. The van der Waals surface area contributed by atoms with Crippen molar-refractivity contribution >= 4 is 22.6 Å². The van der Waals surface area contributed by atoms with E-state index in [-0.39, 0.29) is 5.56 Å². The molecule has 1 heterocycles. The number of hydrogen-bond acceptors (Lipinski definition) is 2. The van der Waals surface area contributed by atoms with Gasteiger partial charge in [-0.3, -0.25) is 4.79 Å². The molecule has 0 bridgehead atoms. The van der Waals surface area contributed by atoms with E-state index in [0.29, 0.717) is 0 Å². The van der Waals surface area contributed by atoms with Gasteiger partial charge in [-0.05, 0) is 47.9 Å². The van der Waals surface area contributed by atoms with Gasteiger partial charge in [-0.2, -0.15) is 0 Å². The van der Waals surface area contributed by atoms with Gasteiger partial charge in [0.25, 0.3) is 5.56 Å². The van der Waals surface area contributed by atoms with E-state index in [9.17, 15) is 4.79 Å². The molecule has 0 fully saturated rings. The Hall–Kier alpha value is -0.360. The molecule has 0 radical (unpaired) electrons. The van der Waals surface area contributed by atoms with Crippen molar-refractivity contribution in [2.75, 3.05) is 13.7 Å². The summed E-state index contributed by atoms with van der Waals surface area (Å²) >= 11 is 2.25. The zero-order valence-electron chi connectivity index (χ0n) is 9.12. The van der Waals surface area contributed by atoms with Crippen molar-refractivity contribution in [2.24, 2.45) is 0 Å². The second-order valence-electron chi connectivity index (χ2n) is 3.54. The lowest BCUT2D eigenvalue weighted by Gasteiger charge is -2.07. The molecule has 1 aromatic heterocycles. The van der Waals surface area contributed by atoms with E-state index in [1.54, 1.807) is 17.7 Å². The van der Waals surface area contributed by atoms with E-state index >= 15 is 0 Å². The number of aryl methyl sites for hydroxylation is 2. The zero-order valence-corrected chi connectivity index (χ0v) is 11.3. The first-order valence-corrected chi connectivity index (χ1v) is 6.08. The van der Waals surface area contributed by atoms with E-state index in [1.165, 1.54) is 0 Å². The van der Waals surface area contributed by atoms with Gasteiger partial charge in [-0.1, -0.05) is 0 Å². The monoisotopic (exact) mass is 321 g/mol. The van der Waals surface area contributed by atoms with E-state index in [4.69, 9.17) is 4.74 Å². The molecule has 1 aromatic rings. The summed E-state index contributed by atoms with van der Waals surface area (Å²) in [7, 11) is 1.70. The van der Waals surface area contributed by atoms with E-state index < -0.39 is 0 Å². The van der Waals surface area contributed by atoms with Crippen molar-refractivity contribution in [1.82, 2.24) is 4.57 Å². The van der Waals surface area contributed by atoms with Crippen LogP contribution >= 0.6 is 22.6 Å². The molecule has 15 heavy (non-hydrogen) atoms. The maximum atomic E-state index is 11.6. The first-order chi connectivity index (χ1) is 7.15. The number of nitrogens with zero attached hydrogens (tertiary/aromatic N) is 1. The summed E-state index contributed by atoms with van der Waals surface area (Å²) in [6.07, 6.45) is 3.89. The minimum absolute atomic E-state index is 0.0883. The fourth-order valence-corrected chi connectivity index (χ4v) is 1.83. The van der Waals surface area contributed by atoms with Crippen LogP contribution in [0.15, 0.2) is 17.1 Å². The number of rotatable bonds is 5. The summed E-state index contributed by atoms with van der Waals surface area (Å²) in [5.41, 5.74) is 1.14. The fourth-order valence-electron chi connectivity index (χ4n) is 1.34. The van der Waals surface area contributed by atoms with E-state index in [1.807, 2.05) is 13.1 Å². The van der Waals surface area contributed by atoms with E-state index in [0.717, 1.165) is 35.1 Å². The molecule has 0 N–H and O–H groups in total. The third-order valence-corrected chi connectivity index (χ3v) is 3.40. The molecule has 0 saturated carbocycles. The number of pyridine rings is 1. The average molecular weight is 321 g/mol. The normalized spacial score (nSPS) is 10.6. The van der Waals surface area contributed by atoms with Crippen molar-refractivity contribution in [1.29, 1.82) is 0 Å². The highest BCUT2D eigenvalue weighted by Gasteiger charge is 2.00. The molecule has 0 atom stereocenters. The lowest BCUT2D eigenvalue weighted by Crippen LogP contribution is -2.20. The number of aromatic nitrogens is 1. The molecule has 0 aromatic carbocycles. The van der Waals surface area contributed by atoms with Crippen molar-refractivity contribution in [2.45, 2.75) is 26.3 Å². The van der Waals surface area contributed by atoms with Gasteiger partial charge in [0.15, 0.2) is 0 Å². The van der Waals surface area contributed by atoms with Gasteiger partial charge >= 0.3 is 0 Å². The van der Waals surface area contributed by atoms with Gasteiger partial charge in [-0.15, -0.1) is 0 Å². The van der Waals surface area contributed by atoms with Gasteiger partial charge in [0.05, 0.1) is 0 Å². The van der Waals surface area contributed by atoms with Crippen LogP contribution in [0.4, 0.5) is 0 Å². The third kappa shape index (κ3) is 3.95. The van der Waals surface area contributed by atoms with Crippen molar-refractivity contribution in [3.63, 3.8) is 0 Å². The Morgan fingerprint density at radius 3 is 2.87 bits per heavy atom. The highest BCUT2D eigenvalue weighted by atomic mass is 127. The number of unbranched alkanes of at least 4 members (excludes halogenated alkanes) is 1. The van der Waals surface area contributed by atoms with Gasteiger partial charge in [0, 0.05) is 36.1 Å². The highest BCUT2D eigenvalue weighted by Crippen LogP contribution is 2.07. The molecular formula is C11H16INO2. The number of hydrogen-bond donors (Lipinski definition) is 0. The summed E-state index contributed by atoms with van der Waals surface area (Å²) in [5.74, 6) is 0. The summed E-state index contributed by atoms with van der Waals surface area (Å²) < 4.78 is 7.87. The summed E-state index contributed by atoms with van der Waals surface area (Å²) in [4.78, 5) is 11.6. The first kappa shape index (κ1) is 12.7. The Morgan fingerprint density at radius 2 is 2.20 bits per heavy atom. The SMILES string of the molecule is COCCCCn1cc(I)c(C)cc1=O. The van der Waals surface area contributed by atoms with Crippen LogP contribution in [0, 0.1) is 10.5 Å². The molecule has 4 heteroatoms. The standard InChI is InChI=1S/C11H16INO2/c1-9-7-11(14)13(8-10(9)12)5-3-4-6-15-2/h7-8H,3-6H2,1-2H3.